The molecule has 3 nitrogen and oxygen atoms in total. The molecule has 21 heavy (non-hydrogen) atoms. The first-order valence-corrected chi connectivity index (χ1v) is 8.28. The Bertz CT molecular complexity index is 410. The summed E-state index contributed by atoms with van der Waals surface area (Å²) >= 11 is 6.19. The van der Waals surface area contributed by atoms with Gasteiger partial charge in [-0.2, -0.15) is 0 Å². The number of rotatable bonds is 10. The summed E-state index contributed by atoms with van der Waals surface area (Å²) in [7, 11) is 0. The third-order valence-corrected chi connectivity index (χ3v) is 3.58. The van der Waals surface area contributed by atoms with Crippen molar-refractivity contribution in [1.82, 2.24) is 5.32 Å². The average Bonchev–Trinajstić information content (AvgIpc) is 2.45. The largest absolute Gasteiger partial charge is 0.380 e. The molecule has 4 heteroatoms. The summed E-state index contributed by atoms with van der Waals surface area (Å²) < 4.78 is 5.48. The van der Waals surface area contributed by atoms with Crippen LogP contribution in [-0.2, 0) is 11.3 Å². The van der Waals surface area contributed by atoms with Gasteiger partial charge in [0.2, 0.25) is 0 Å². The van der Waals surface area contributed by atoms with Crippen LogP contribution in [0.15, 0.2) is 18.2 Å². The Morgan fingerprint density at radius 2 is 2.05 bits per heavy atom. The molecule has 0 bridgehead atoms. The van der Waals surface area contributed by atoms with E-state index in [1.807, 2.05) is 13.0 Å². The number of ether oxygens (including phenoxy) is 1. The predicted octanol–water partition coefficient (Wildman–Crippen LogP) is 3.95. The molecular weight excluding hydrogens is 284 g/mol. The monoisotopic (exact) mass is 312 g/mol. The number of hydrogen-bond acceptors (Lipinski definition) is 3. The van der Waals surface area contributed by atoms with E-state index in [4.69, 9.17) is 16.3 Å². The molecule has 0 aliphatic carbocycles. The summed E-state index contributed by atoms with van der Waals surface area (Å²) in [4.78, 5) is 2.33. The fourth-order valence-electron chi connectivity index (χ4n) is 2.24. The van der Waals surface area contributed by atoms with Crippen LogP contribution in [0.3, 0.4) is 0 Å². The van der Waals surface area contributed by atoms with Crippen molar-refractivity contribution in [1.29, 1.82) is 0 Å². The maximum Gasteiger partial charge on any atom is 0.0641 e. The van der Waals surface area contributed by atoms with Crippen LogP contribution in [0, 0.1) is 5.92 Å². The number of anilines is 1. The fourth-order valence-corrected chi connectivity index (χ4v) is 2.41. The van der Waals surface area contributed by atoms with Crippen LogP contribution in [-0.4, -0.2) is 32.8 Å². The number of nitrogens with zero attached hydrogens (tertiary/aromatic N) is 1. The molecule has 1 rings (SSSR count). The van der Waals surface area contributed by atoms with Gasteiger partial charge in [-0.05, 0) is 44.0 Å². The molecule has 0 radical (unpaired) electrons. The smallest absolute Gasteiger partial charge is 0.0641 e. The van der Waals surface area contributed by atoms with Crippen LogP contribution in [0.4, 0.5) is 5.69 Å². The third-order valence-electron chi connectivity index (χ3n) is 3.35. The minimum absolute atomic E-state index is 0.654. The zero-order chi connectivity index (χ0) is 15.7. The van der Waals surface area contributed by atoms with Gasteiger partial charge in [0.15, 0.2) is 0 Å². The van der Waals surface area contributed by atoms with Crippen molar-refractivity contribution in [2.24, 2.45) is 5.92 Å². The molecule has 1 aromatic rings. The van der Waals surface area contributed by atoms with Crippen LogP contribution < -0.4 is 10.2 Å². The summed E-state index contributed by atoms with van der Waals surface area (Å²) in [6.45, 7) is 13.9. The molecule has 0 aromatic heterocycles. The van der Waals surface area contributed by atoms with Gasteiger partial charge in [-0.15, -0.1) is 0 Å². The third kappa shape index (κ3) is 6.68. The number of likely N-dealkylation sites (N-methyl/N-ethyl adjacent to an activating group) is 1. The van der Waals surface area contributed by atoms with Gasteiger partial charge in [0.1, 0.15) is 0 Å². The van der Waals surface area contributed by atoms with E-state index < -0.39 is 0 Å². The minimum Gasteiger partial charge on any atom is -0.380 e. The standard InChI is InChI=1S/C17H29ClN2O/c1-5-20(9-10-21-6-2)17-11-16(18)8-7-15(17)13-19-12-14(3)4/h7-8,11,14,19H,5-6,9-10,12-13H2,1-4H3. The zero-order valence-corrected chi connectivity index (χ0v) is 14.5. The van der Waals surface area contributed by atoms with Crippen LogP contribution in [0.2, 0.25) is 5.02 Å². The van der Waals surface area contributed by atoms with Gasteiger partial charge in [-0.3, -0.25) is 0 Å². The zero-order valence-electron chi connectivity index (χ0n) is 13.8. The quantitative estimate of drug-likeness (QED) is 0.662. The van der Waals surface area contributed by atoms with Crippen LogP contribution in [0.25, 0.3) is 0 Å². The van der Waals surface area contributed by atoms with Gasteiger partial charge in [0.25, 0.3) is 0 Å². The van der Waals surface area contributed by atoms with Gasteiger partial charge in [0, 0.05) is 37.0 Å². The molecule has 0 fully saturated rings. The maximum atomic E-state index is 6.19. The second-order valence-corrected chi connectivity index (χ2v) is 6.01. The summed E-state index contributed by atoms with van der Waals surface area (Å²) in [6.07, 6.45) is 0. The highest BCUT2D eigenvalue weighted by molar-refractivity contribution is 6.30. The van der Waals surface area contributed by atoms with E-state index in [1.54, 1.807) is 0 Å². The molecule has 1 N–H and O–H groups in total. The molecule has 0 heterocycles. The molecule has 0 spiro atoms. The van der Waals surface area contributed by atoms with Crippen LogP contribution in [0.1, 0.15) is 33.3 Å². The Hall–Kier alpha value is -0.770. The van der Waals surface area contributed by atoms with E-state index in [9.17, 15) is 0 Å². The van der Waals surface area contributed by atoms with Crippen molar-refractivity contribution < 1.29 is 4.74 Å². The van der Waals surface area contributed by atoms with Gasteiger partial charge in [0.05, 0.1) is 6.61 Å². The first-order valence-electron chi connectivity index (χ1n) is 7.90. The lowest BCUT2D eigenvalue weighted by Crippen LogP contribution is -2.29. The average molecular weight is 313 g/mol. The lowest BCUT2D eigenvalue weighted by Gasteiger charge is -2.26. The van der Waals surface area contributed by atoms with Crippen molar-refractivity contribution in [2.45, 2.75) is 34.2 Å². The van der Waals surface area contributed by atoms with E-state index in [0.29, 0.717) is 5.92 Å². The van der Waals surface area contributed by atoms with E-state index in [0.717, 1.165) is 44.4 Å². The van der Waals surface area contributed by atoms with Crippen molar-refractivity contribution in [2.75, 3.05) is 37.7 Å². The summed E-state index contributed by atoms with van der Waals surface area (Å²) in [5.41, 5.74) is 2.50. The number of nitrogens with one attached hydrogen (secondary N) is 1. The Morgan fingerprint density at radius 1 is 1.29 bits per heavy atom. The molecule has 120 valence electrons. The highest BCUT2D eigenvalue weighted by atomic mass is 35.5. The van der Waals surface area contributed by atoms with Gasteiger partial charge in [-0.25, -0.2) is 0 Å². The van der Waals surface area contributed by atoms with Gasteiger partial charge in [-0.1, -0.05) is 31.5 Å². The van der Waals surface area contributed by atoms with E-state index in [-0.39, 0.29) is 0 Å². The number of hydrogen-bond donors (Lipinski definition) is 1. The lowest BCUT2D eigenvalue weighted by molar-refractivity contribution is 0.154. The van der Waals surface area contributed by atoms with Crippen molar-refractivity contribution in [3.05, 3.63) is 28.8 Å². The normalized spacial score (nSPS) is 11.1. The Labute approximate surface area is 134 Å². The summed E-state index contributed by atoms with van der Waals surface area (Å²) in [5.74, 6) is 0.654. The summed E-state index contributed by atoms with van der Waals surface area (Å²) in [6, 6.07) is 6.14. The van der Waals surface area contributed by atoms with Crippen LogP contribution in [0.5, 0.6) is 0 Å². The summed E-state index contributed by atoms with van der Waals surface area (Å²) in [5, 5.41) is 4.29. The van der Waals surface area contributed by atoms with Gasteiger partial charge >= 0.3 is 0 Å². The second-order valence-electron chi connectivity index (χ2n) is 5.57. The highest BCUT2D eigenvalue weighted by Crippen LogP contribution is 2.25. The topological polar surface area (TPSA) is 24.5 Å². The molecule has 0 saturated carbocycles. The molecule has 0 amide bonds. The highest BCUT2D eigenvalue weighted by Gasteiger charge is 2.10. The van der Waals surface area contributed by atoms with Crippen molar-refractivity contribution in [3.63, 3.8) is 0 Å². The first kappa shape index (κ1) is 18.3. The Kier molecular flexibility index (Phi) is 8.74. The molecule has 0 unspecified atom stereocenters. The molecule has 0 saturated heterocycles. The molecule has 0 aliphatic rings. The molecule has 0 aliphatic heterocycles. The van der Waals surface area contributed by atoms with Crippen LogP contribution >= 0.6 is 11.6 Å². The van der Waals surface area contributed by atoms with Gasteiger partial charge < -0.3 is 15.0 Å². The van der Waals surface area contributed by atoms with E-state index >= 15 is 0 Å². The lowest BCUT2D eigenvalue weighted by atomic mass is 10.1. The Morgan fingerprint density at radius 3 is 2.67 bits per heavy atom. The number of benzene rings is 1. The SMILES string of the molecule is CCOCCN(CC)c1cc(Cl)ccc1CNCC(C)C. The minimum atomic E-state index is 0.654. The number of halogens is 1. The molecule has 0 atom stereocenters. The second kappa shape index (κ2) is 10.0. The predicted molar refractivity (Wildman–Crippen MR) is 92.4 cm³/mol. The molecular formula is C17H29ClN2O. The van der Waals surface area contributed by atoms with Crippen molar-refractivity contribution >= 4 is 17.3 Å². The Balaban J connectivity index is 2.78. The fraction of sp³-hybridized carbons (Fsp3) is 0.647. The molecule has 1 aromatic carbocycles. The van der Waals surface area contributed by atoms with E-state index in [2.05, 4.69) is 43.1 Å². The van der Waals surface area contributed by atoms with E-state index in [1.165, 1.54) is 11.3 Å². The van der Waals surface area contributed by atoms with Crippen molar-refractivity contribution in [3.8, 4) is 0 Å². The maximum absolute atomic E-state index is 6.19. The first-order chi connectivity index (χ1) is 10.1.